The van der Waals surface area contributed by atoms with Gasteiger partial charge in [-0.1, -0.05) is 12.1 Å². The van der Waals surface area contributed by atoms with Crippen LogP contribution in [0.15, 0.2) is 60.8 Å². The quantitative estimate of drug-likeness (QED) is 0.473. The first-order valence-corrected chi connectivity index (χ1v) is 9.00. The van der Waals surface area contributed by atoms with Crippen molar-refractivity contribution in [3.8, 4) is 5.69 Å². The Bertz CT molecular complexity index is 1200. The van der Waals surface area contributed by atoms with E-state index in [9.17, 15) is 9.18 Å². The van der Waals surface area contributed by atoms with Gasteiger partial charge in [-0.3, -0.25) is 9.36 Å². The topological polar surface area (TPSA) is 83.9 Å². The van der Waals surface area contributed by atoms with Crippen molar-refractivity contribution >= 4 is 40.1 Å². The molecule has 7 nitrogen and oxygen atoms in total. The van der Waals surface area contributed by atoms with Crippen molar-refractivity contribution in [1.29, 1.82) is 0 Å². The Kier molecular flexibility index (Phi) is 4.82. The monoisotopic (exact) mass is 390 g/mol. The smallest absolute Gasteiger partial charge is 0.221 e. The van der Waals surface area contributed by atoms with Crippen LogP contribution in [0.5, 0.6) is 0 Å². The molecule has 0 bridgehead atoms. The number of nitrogens with one attached hydrogen (secondary N) is 3. The largest absolute Gasteiger partial charge is 0.358 e. The van der Waals surface area contributed by atoms with E-state index in [2.05, 4.69) is 25.9 Å². The molecule has 0 atom stereocenters. The Morgan fingerprint density at radius 1 is 1.07 bits per heavy atom. The average molecular weight is 390 g/mol. The van der Waals surface area contributed by atoms with Gasteiger partial charge in [0.25, 0.3) is 0 Å². The summed E-state index contributed by atoms with van der Waals surface area (Å²) in [6.07, 6.45) is 1.66. The average Bonchev–Trinajstić information content (AvgIpc) is 3.05. The minimum atomic E-state index is -0.325. The molecule has 8 heteroatoms. The molecule has 29 heavy (non-hydrogen) atoms. The second-order valence-corrected chi connectivity index (χ2v) is 6.45. The minimum Gasteiger partial charge on any atom is -0.358 e. The number of halogens is 1. The second-order valence-electron chi connectivity index (χ2n) is 6.45. The first kappa shape index (κ1) is 18.4. The van der Waals surface area contributed by atoms with Gasteiger partial charge in [0, 0.05) is 31.4 Å². The highest BCUT2D eigenvalue weighted by Crippen LogP contribution is 2.27. The van der Waals surface area contributed by atoms with Crippen molar-refractivity contribution in [2.45, 2.75) is 6.92 Å². The molecule has 0 unspecified atom stereocenters. The number of anilines is 4. The number of hydrogen-bond acceptors (Lipinski definition) is 5. The van der Waals surface area contributed by atoms with Gasteiger partial charge in [0.2, 0.25) is 11.9 Å². The summed E-state index contributed by atoms with van der Waals surface area (Å²) in [5.74, 6) is 0.712. The molecule has 2 aromatic heterocycles. The van der Waals surface area contributed by atoms with E-state index in [0.717, 1.165) is 11.2 Å². The fourth-order valence-electron chi connectivity index (χ4n) is 3.12. The fraction of sp³-hybridized carbons (Fsp3) is 0.0952. The Balaban J connectivity index is 1.74. The molecular weight excluding hydrogens is 371 g/mol. The van der Waals surface area contributed by atoms with E-state index in [1.165, 1.54) is 19.1 Å². The van der Waals surface area contributed by atoms with Gasteiger partial charge in [-0.05, 0) is 36.4 Å². The molecule has 0 radical (unpaired) electrons. The van der Waals surface area contributed by atoms with Crippen molar-refractivity contribution < 1.29 is 9.18 Å². The highest BCUT2D eigenvalue weighted by Gasteiger charge is 2.13. The molecule has 2 heterocycles. The molecule has 2 aromatic carbocycles. The van der Waals surface area contributed by atoms with Crippen LogP contribution in [0.25, 0.3) is 16.7 Å². The number of rotatable bonds is 5. The number of pyridine rings is 1. The first-order valence-electron chi connectivity index (χ1n) is 9.00. The lowest BCUT2D eigenvalue weighted by Gasteiger charge is -2.10. The van der Waals surface area contributed by atoms with Crippen molar-refractivity contribution in [3.05, 3.63) is 66.6 Å². The fourth-order valence-corrected chi connectivity index (χ4v) is 3.12. The van der Waals surface area contributed by atoms with Gasteiger partial charge in [-0.2, -0.15) is 0 Å². The van der Waals surface area contributed by atoms with Gasteiger partial charge in [-0.25, -0.2) is 14.4 Å². The van der Waals surface area contributed by atoms with E-state index < -0.39 is 0 Å². The van der Waals surface area contributed by atoms with Crippen LogP contribution in [0.4, 0.5) is 27.5 Å². The van der Waals surface area contributed by atoms with E-state index in [4.69, 9.17) is 0 Å². The maximum Gasteiger partial charge on any atom is 0.221 e. The first-order chi connectivity index (χ1) is 14.0. The van der Waals surface area contributed by atoms with Gasteiger partial charge >= 0.3 is 0 Å². The molecule has 0 fully saturated rings. The lowest BCUT2D eigenvalue weighted by atomic mass is 10.2. The molecular formula is C21H19FN6O. The lowest BCUT2D eigenvalue weighted by Crippen LogP contribution is -2.05. The Morgan fingerprint density at radius 2 is 1.86 bits per heavy atom. The zero-order valence-electron chi connectivity index (χ0n) is 15.9. The van der Waals surface area contributed by atoms with Crippen molar-refractivity contribution in [1.82, 2.24) is 14.5 Å². The Hall–Kier alpha value is -3.94. The minimum absolute atomic E-state index is 0.139. The summed E-state index contributed by atoms with van der Waals surface area (Å²) in [5.41, 5.74) is 3.56. The molecule has 0 saturated carbocycles. The van der Waals surface area contributed by atoms with Crippen LogP contribution in [-0.4, -0.2) is 27.5 Å². The van der Waals surface area contributed by atoms with E-state index in [1.54, 1.807) is 25.4 Å². The molecule has 4 aromatic rings. The van der Waals surface area contributed by atoms with Crippen LogP contribution in [-0.2, 0) is 4.79 Å². The number of imidazole rings is 1. The zero-order chi connectivity index (χ0) is 20.4. The summed E-state index contributed by atoms with van der Waals surface area (Å²) in [6.45, 7) is 1.46. The van der Waals surface area contributed by atoms with E-state index in [-0.39, 0.29) is 11.7 Å². The molecule has 0 spiro atoms. The number of carbonyl (C=O) groups is 1. The van der Waals surface area contributed by atoms with E-state index in [1.807, 2.05) is 34.9 Å². The van der Waals surface area contributed by atoms with Crippen molar-refractivity contribution in [3.63, 3.8) is 0 Å². The molecule has 0 aliphatic rings. The molecule has 0 aliphatic carbocycles. The molecule has 4 rings (SSSR count). The summed E-state index contributed by atoms with van der Waals surface area (Å²) >= 11 is 0. The third-order valence-electron chi connectivity index (χ3n) is 4.29. The lowest BCUT2D eigenvalue weighted by molar-refractivity contribution is -0.114. The highest BCUT2D eigenvalue weighted by molar-refractivity contribution is 5.89. The van der Waals surface area contributed by atoms with E-state index >= 15 is 0 Å². The third-order valence-corrected chi connectivity index (χ3v) is 4.29. The highest BCUT2D eigenvalue weighted by atomic mass is 19.1. The van der Waals surface area contributed by atoms with Gasteiger partial charge in [-0.15, -0.1) is 0 Å². The van der Waals surface area contributed by atoms with Gasteiger partial charge in [0.1, 0.15) is 17.2 Å². The number of nitrogens with zero attached hydrogens (tertiary/aromatic N) is 3. The number of hydrogen-bond donors (Lipinski definition) is 3. The number of carbonyl (C=O) groups excluding carboxylic acids is 1. The molecule has 3 N–H and O–H groups in total. The molecule has 1 amide bonds. The maximum absolute atomic E-state index is 13.8. The summed E-state index contributed by atoms with van der Waals surface area (Å²) in [7, 11) is 1.76. The van der Waals surface area contributed by atoms with Crippen molar-refractivity contribution in [2.24, 2.45) is 0 Å². The number of aromatic nitrogens is 3. The van der Waals surface area contributed by atoms with Gasteiger partial charge in [0.15, 0.2) is 0 Å². The van der Waals surface area contributed by atoms with Gasteiger partial charge in [0.05, 0.1) is 17.4 Å². The van der Waals surface area contributed by atoms with Crippen LogP contribution >= 0.6 is 0 Å². The van der Waals surface area contributed by atoms with Crippen LogP contribution in [0.2, 0.25) is 0 Å². The maximum atomic E-state index is 13.8. The summed E-state index contributed by atoms with van der Waals surface area (Å²) in [5, 5.41) is 9.02. The second kappa shape index (κ2) is 7.59. The summed E-state index contributed by atoms with van der Waals surface area (Å²) in [6, 6.07) is 15.5. The van der Waals surface area contributed by atoms with Gasteiger partial charge < -0.3 is 16.0 Å². The summed E-state index contributed by atoms with van der Waals surface area (Å²) < 4.78 is 15.6. The molecule has 0 aliphatic heterocycles. The van der Waals surface area contributed by atoms with Crippen LogP contribution in [0.3, 0.4) is 0 Å². The Morgan fingerprint density at radius 3 is 2.62 bits per heavy atom. The molecule has 146 valence electrons. The number of benzene rings is 2. The normalized spacial score (nSPS) is 10.7. The number of amides is 1. The predicted octanol–water partition coefficient (Wildman–Crippen LogP) is 4.30. The van der Waals surface area contributed by atoms with Crippen LogP contribution in [0.1, 0.15) is 6.92 Å². The van der Waals surface area contributed by atoms with E-state index in [0.29, 0.717) is 28.7 Å². The van der Waals surface area contributed by atoms with Crippen molar-refractivity contribution in [2.75, 3.05) is 23.0 Å². The zero-order valence-corrected chi connectivity index (χ0v) is 15.9. The summed E-state index contributed by atoms with van der Waals surface area (Å²) in [4.78, 5) is 20.2. The SMILES string of the molecule is CNc1nc2cnc(Nc3cccc(NC(C)=O)c3)cc2n1-c1cccc(F)c1. The van der Waals surface area contributed by atoms with Crippen LogP contribution in [0, 0.1) is 5.82 Å². The standard InChI is InChI=1S/C21H19FN6O/c1-13(29)25-15-6-4-7-16(10-15)26-20-11-19-18(12-24-20)27-21(23-2)28(19)17-8-3-5-14(22)9-17/h3-12H,1-2H3,(H,23,27)(H,24,26)(H,25,29). The predicted molar refractivity (Wildman–Crippen MR) is 112 cm³/mol. The number of fused-ring (bicyclic) bond motifs is 1. The Labute approximate surface area is 166 Å². The van der Waals surface area contributed by atoms with Crippen LogP contribution < -0.4 is 16.0 Å². The third kappa shape index (κ3) is 3.86. The molecule has 0 saturated heterocycles.